The van der Waals surface area contributed by atoms with Gasteiger partial charge in [-0.15, -0.1) is 0 Å². The molecule has 0 saturated heterocycles. The van der Waals surface area contributed by atoms with Crippen LogP contribution in [0.2, 0.25) is 0 Å². The van der Waals surface area contributed by atoms with E-state index in [0.717, 1.165) is 18.7 Å². The topological polar surface area (TPSA) is 62.7 Å². The Balaban J connectivity index is 1.99. The molecule has 0 aromatic carbocycles. The second kappa shape index (κ2) is 3.65. The molecule has 1 aliphatic rings. The smallest absolute Gasteiger partial charge is 0.226 e. The Bertz CT molecular complexity index is 387. The van der Waals surface area contributed by atoms with Gasteiger partial charge in [-0.2, -0.15) is 10.2 Å². The molecule has 0 radical (unpaired) electrons. The van der Waals surface area contributed by atoms with E-state index in [4.69, 9.17) is 9.78 Å². The molecule has 0 spiro atoms. The zero-order valence-electron chi connectivity index (χ0n) is 9.16. The first kappa shape index (κ1) is 10.2. The van der Waals surface area contributed by atoms with Crippen molar-refractivity contribution >= 4 is 0 Å². The van der Waals surface area contributed by atoms with Crippen molar-refractivity contribution in [2.24, 2.45) is 5.92 Å². The lowest BCUT2D eigenvalue weighted by Crippen LogP contribution is -2.03. The van der Waals surface area contributed by atoms with E-state index in [1.54, 1.807) is 0 Å². The van der Waals surface area contributed by atoms with Crippen LogP contribution in [0.1, 0.15) is 44.8 Å². The molecule has 1 fully saturated rings. The van der Waals surface area contributed by atoms with Crippen molar-refractivity contribution in [1.29, 1.82) is 5.26 Å². The maximum absolute atomic E-state index is 8.54. The van der Waals surface area contributed by atoms with Gasteiger partial charge in [-0.25, -0.2) is 0 Å². The molecule has 1 atom stereocenters. The maximum Gasteiger partial charge on any atom is 0.226 e. The van der Waals surface area contributed by atoms with Crippen molar-refractivity contribution in [3.8, 4) is 6.07 Å². The molecule has 0 bridgehead atoms. The predicted octanol–water partition coefficient (Wildman–Crippen LogP) is 2.21. The molecule has 2 rings (SSSR count). The number of hydrogen-bond acceptors (Lipinski definition) is 4. The molecule has 1 heterocycles. The third-order valence-electron chi connectivity index (χ3n) is 2.97. The molecule has 0 N–H and O–H groups in total. The van der Waals surface area contributed by atoms with Gasteiger partial charge in [-0.05, 0) is 18.8 Å². The molecule has 1 aromatic rings. The van der Waals surface area contributed by atoms with Crippen molar-refractivity contribution in [2.45, 2.75) is 44.9 Å². The van der Waals surface area contributed by atoms with Crippen molar-refractivity contribution in [3.05, 3.63) is 11.7 Å². The Hall–Kier alpha value is -1.37. The first-order valence-corrected chi connectivity index (χ1v) is 5.34. The number of nitrogens with zero attached hydrogens (tertiary/aromatic N) is 3. The van der Waals surface area contributed by atoms with Crippen molar-refractivity contribution in [3.63, 3.8) is 0 Å². The summed E-state index contributed by atoms with van der Waals surface area (Å²) in [5.74, 6) is 1.79. The molecular formula is C11H15N3O. The first-order valence-electron chi connectivity index (χ1n) is 5.34. The van der Waals surface area contributed by atoms with E-state index in [2.05, 4.69) is 23.1 Å². The molecule has 4 heteroatoms. The highest BCUT2D eigenvalue weighted by molar-refractivity contribution is 5.14. The lowest BCUT2D eigenvalue weighted by molar-refractivity contribution is 0.352. The summed E-state index contributed by atoms with van der Waals surface area (Å²) in [5, 5.41) is 12.5. The zero-order valence-corrected chi connectivity index (χ0v) is 9.16. The van der Waals surface area contributed by atoms with Crippen molar-refractivity contribution in [1.82, 2.24) is 10.1 Å². The number of rotatable bonds is 4. The fourth-order valence-corrected chi connectivity index (χ4v) is 1.52. The first-order chi connectivity index (χ1) is 7.14. The molecule has 15 heavy (non-hydrogen) atoms. The van der Waals surface area contributed by atoms with Gasteiger partial charge in [0.1, 0.15) is 0 Å². The molecule has 4 nitrogen and oxygen atoms in total. The van der Waals surface area contributed by atoms with Crippen LogP contribution in [0.3, 0.4) is 0 Å². The number of aromatic nitrogens is 2. The molecule has 80 valence electrons. The molecule has 1 unspecified atom stereocenters. The second-order valence-corrected chi connectivity index (χ2v) is 4.74. The summed E-state index contributed by atoms with van der Waals surface area (Å²) in [7, 11) is 0. The maximum atomic E-state index is 8.54. The zero-order chi connectivity index (χ0) is 10.9. The van der Waals surface area contributed by atoms with Crippen molar-refractivity contribution in [2.75, 3.05) is 0 Å². The van der Waals surface area contributed by atoms with Gasteiger partial charge in [0.15, 0.2) is 5.82 Å². The van der Waals surface area contributed by atoms with E-state index < -0.39 is 0 Å². The molecule has 0 aliphatic heterocycles. The van der Waals surface area contributed by atoms with E-state index >= 15 is 0 Å². The summed E-state index contributed by atoms with van der Waals surface area (Å²) < 4.78 is 5.18. The van der Waals surface area contributed by atoms with Gasteiger partial charge in [-0.3, -0.25) is 0 Å². The van der Waals surface area contributed by atoms with Gasteiger partial charge < -0.3 is 4.52 Å². The summed E-state index contributed by atoms with van der Waals surface area (Å²) in [6.07, 6.45) is 3.55. The number of hydrogen-bond donors (Lipinski definition) is 0. The third-order valence-corrected chi connectivity index (χ3v) is 2.97. The Labute approximate surface area is 89.3 Å². The van der Waals surface area contributed by atoms with Crippen LogP contribution in [0, 0.1) is 17.2 Å². The van der Waals surface area contributed by atoms with Crippen LogP contribution in [-0.2, 0) is 11.8 Å². The Morgan fingerprint density at radius 1 is 1.60 bits per heavy atom. The summed E-state index contributed by atoms with van der Waals surface area (Å²) in [5.41, 5.74) is 0.167. The Kier molecular flexibility index (Phi) is 2.47. The van der Waals surface area contributed by atoms with Gasteiger partial charge in [0.25, 0.3) is 0 Å². The molecule has 1 aromatic heterocycles. The average molecular weight is 205 g/mol. The van der Waals surface area contributed by atoms with E-state index in [1.807, 2.05) is 6.92 Å². The third kappa shape index (κ3) is 2.17. The largest absolute Gasteiger partial charge is 0.339 e. The lowest BCUT2D eigenvalue weighted by atomic mass is 10.1. The van der Waals surface area contributed by atoms with Crippen LogP contribution in [0.4, 0.5) is 0 Å². The van der Waals surface area contributed by atoms with Crippen molar-refractivity contribution < 1.29 is 4.52 Å². The van der Waals surface area contributed by atoms with Gasteiger partial charge in [0, 0.05) is 18.3 Å². The van der Waals surface area contributed by atoms with Gasteiger partial charge >= 0.3 is 0 Å². The van der Waals surface area contributed by atoms with E-state index in [-0.39, 0.29) is 11.3 Å². The Morgan fingerprint density at radius 2 is 2.33 bits per heavy atom. The minimum atomic E-state index is 0.167. The molecule has 1 aliphatic carbocycles. The fraction of sp³-hybridized carbons (Fsp3) is 0.727. The minimum absolute atomic E-state index is 0.167. The fourth-order valence-electron chi connectivity index (χ4n) is 1.52. The summed E-state index contributed by atoms with van der Waals surface area (Å²) in [6.45, 7) is 4.17. The molecule has 0 amide bonds. The molecular weight excluding hydrogens is 190 g/mol. The van der Waals surface area contributed by atoms with Crippen LogP contribution in [0.5, 0.6) is 0 Å². The van der Waals surface area contributed by atoms with E-state index in [1.165, 1.54) is 0 Å². The van der Waals surface area contributed by atoms with Gasteiger partial charge in [0.05, 0.1) is 6.07 Å². The van der Waals surface area contributed by atoms with Crippen LogP contribution >= 0.6 is 0 Å². The van der Waals surface area contributed by atoms with Crippen LogP contribution in [0.25, 0.3) is 0 Å². The van der Waals surface area contributed by atoms with Gasteiger partial charge in [-0.1, -0.05) is 19.0 Å². The van der Waals surface area contributed by atoms with Crippen LogP contribution in [0.15, 0.2) is 4.52 Å². The highest BCUT2D eigenvalue weighted by Gasteiger charge is 2.43. The second-order valence-electron chi connectivity index (χ2n) is 4.74. The summed E-state index contributed by atoms with van der Waals surface area (Å²) >= 11 is 0. The van der Waals surface area contributed by atoms with E-state index in [9.17, 15) is 0 Å². The highest BCUT2D eigenvalue weighted by Crippen LogP contribution is 2.45. The SMILES string of the molecule is CC(CC#N)Cc1nc(C2(C)CC2)no1. The summed E-state index contributed by atoms with van der Waals surface area (Å²) in [4.78, 5) is 4.38. The predicted molar refractivity (Wildman–Crippen MR) is 54.0 cm³/mol. The van der Waals surface area contributed by atoms with Gasteiger partial charge in [0.2, 0.25) is 5.89 Å². The standard InChI is InChI=1S/C11H15N3O/c1-8(3-6-12)7-9-13-10(14-15-9)11(2)4-5-11/h8H,3-5,7H2,1-2H3. The average Bonchev–Trinajstić information content (AvgIpc) is 2.77. The highest BCUT2D eigenvalue weighted by atomic mass is 16.5. The minimum Gasteiger partial charge on any atom is -0.339 e. The Morgan fingerprint density at radius 3 is 2.93 bits per heavy atom. The quantitative estimate of drug-likeness (QED) is 0.756. The van der Waals surface area contributed by atoms with E-state index in [0.29, 0.717) is 18.7 Å². The monoisotopic (exact) mass is 205 g/mol. The summed E-state index contributed by atoms with van der Waals surface area (Å²) in [6, 6.07) is 2.15. The van der Waals surface area contributed by atoms with Crippen LogP contribution in [-0.4, -0.2) is 10.1 Å². The lowest BCUT2D eigenvalue weighted by Gasteiger charge is -2.01. The molecule has 1 saturated carbocycles. The normalized spacial score (nSPS) is 19.5. The number of nitriles is 1. The van der Waals surface area contributed by atoms with Crippen LogP contribution < -0.4 is 0 Å².